The molecule has 5 aliphatic heterocycles. The van der Waals surface area contributed by atoms with Crippen LogP contribution in [0.1, 0.15) is 63.0 Å². The van der Waals surface area contributed by atoms with E-state index in [9.17, 15) is 0 Å². The summed E-state index contributed by atoms with van der Waals surface area (Å²) < 4.78 is 0. The molecule has 50 heavy (non-hydrogen) atoms. The molecule has 4 aliphatic carbocycles. The topological polar surface area (TPSA) is 13.0 Å². The highest BCUT2D eigenvalue weighted by Gasteiger charge is 2.57. The van der Waals surface area contributed by atoms with Gasteiger partial charge in [0.1, 0.15) is 5.66 Å². The van der Waals surface area contributed by atoms with Crippen molar-refractivity contribution in [1.29, 1.82) is 0 Å². The summed E-state index contributed by atoms with van der Waals surface area (Å²) >= 11 is 0. The van der Waals surface area contributed by atoms with Crippen molar-refractivity contribution in [3.8, 4) is 11.1 Å². The fraction of sp³-hybridized carbons (Fsp3) is 0.333. The van der Waals surface area contributed by atoms with E-state index < -0.39 is 0 Å². The molecule has 244 valence electrons. The van der Waals surface area contributed by atoms with E-state index in [1.807, 2.05) is 0 Å². The van der Waals surface area contributed by atoms with Crippen LogP contribution in [-0.2, 0) is 6.54 Å². The van der Waals surface area contributed by atoms with Gasteiger partial charge in [0.2, 0.25) is 0 Å². The van der Waals surface area contributed by atoms with E-state index in [1.165, 1.54) is 88.6 Å². The summed E-state index contributed by atoms with van der Waals surface area (Å²) in [4.78, 5) is 10.8. The number of nitrogens with zero attached hydrogens (tertiary/aromatic N) is 4. The Morgan fingerprint density at radius 3 is 1.96 bits per heavy atom. The van der Waals surface area contributed by atoms with Gasteiger partial charge in [-0.2, -0.15) is 0 Å². The van der Waals surface area contributed by atoms with Gasteiger partial charge in [0.05, 0.1) is 18.0 Å². The summed E-state index contributed by atoms with van der Waals surface area (Å²) in [7, 11) is 0. The Balaban J connectivity index is 1.10. The highest BCUT2D eigenvalue weighted by Crippen LogP contribution is 2.62. The minimum Gasteiger partial charge on any atom is -0.349 e. The van der Waals surface area contributed by atoms with E-state index in [0.29, 0.717) is 5.92 Å². The molecular weight excluding hydrogens is 607 g/mol. The molecule has 5 heteroatoms. The first-order chi connectivity index (χ1) is 24.5. The maximum Gasteiger partial charge on any atom is 0.253 e. The quantitative estimate of drug-likeness (QED) is 0.179. The van der Waals surface area contributed by atoms with E-state index in [4.69, 9.17) is 0 Å². The lowest BCUT2D eigenvalue weighted by Gasteiger charge is -2.55. The van der Waals surface area contributed by atoms with Crippen LogP contribution in [0.4, 0.5) is 39.8 Å². The number of hydrogen-bond acceptors (Lipinski definition) is 4. The third-order valence-corrected chi connectivity index (χ3v) is 14.6. The Morgan fingerprint density at radius 1 is 0.600 bits per heavy atom. The molecule has 9 aliphatic rings. The zero-order chi connectivity index (χ0) is 32.6. The lowest BCUT2D eigenvalue weighted by atomic mass is 9.35. The minimum atomic E-state index is -0.279. The standard InChI is InChI=1S/C45H41BN4/c1-45(2)49(33-11-7-4-8-12-33)36-16-15-35-34-14-13-28-24-47(32-9-5-3-6-10-32)25-48-37-22-31(39-29-18-26-17-27(20-29)21-30(39)19-26)23-38-42(37)46(40(34)43(28)48)41(35)44(36)50(38)45/h3-16,22-23,26-27,29-30,39H,17-21,24-25H2,1-2H3. The second-order valence-electron chi connectivity index (χ2n) is 17.4. The van der Waals surface area contributed by atoms with Gasteiger partial charge in [-0.05, 0) is 157 Å². The molecule has 0 aromatic heterocycles. The normalized spacial score (nSPS) is 27.4. The van der Waals surface area contributed by atoms with Crippen LogP contribution >= 0.6 is 0 Å². The molecule has 14 rings (SSSR count). The molecule has 0 unspecified atom stereocenters. The predicted octanol–water partition coefficient (Wildman–Crippen LogP) is 8.49. The van der Waals surface area contributed by atoms with Gasteiger partial charge in [-0.15, -0.1) is 0 Å². The summed E-state index contributed by atoms with van der Waals surface area (Å²) in [6, 6.07) is 37.5. The Hall–Kier alpha value is -4.64. The van der Waals surface area contributed by atoms with Crippen LogP contribution in [0.2, 0.25) is 0 Å². The number of hydrogen-bond donors (Lipinski definition) is 0. The van der Waals surface area contributed by atoms with Gasteiger partial charge in [0.25, 0.3) is 6.71 Å². The van der Waals surface area contributed by atoms with E-state index in [-0.39, 0.29) is 12.4 Å². The van der Waals surface area contributed by atoms with E-state index in [2.05, 4.69) is 131 Å². The summed E-state index contributed by atoms with van der Waals surface area (Å²) in [5, 5.41) is 0. The van der Waals surface area contributed by atoms with Crippen LogP contribution in [-0.4, -0.2) is 19.0 Å². The van der Waals surface area contributed by atoms with Gasteiger partial charge >= 0.3 is 0 Å². The molecule has 5 aromatic rings. The van der Waals surface area contributed by atoms with Crippen molar-refractivity contribution < 1.29 is 0 Å². The third-order valence-electron chi connectivity index (χ3n) is 14.6. The van der Waals surface area contributed by atoms with Crippen LogP contribution in [0.3, 0.4) is 0 Å². The SMILES string of the molecule is CC1(C)N(c2ccccc2)c2ccc3c4c2N1c1cc(C2C5CC6CC(C5)CC2C6)cc2c1B4c1c-3ccc3c1N2CN(c1ccccc1)C3. The average molecular weight is 649 g/mol. The zero-order valence-electron chi connectivity index (χ0n) is 28.9. The Morgan fingerprint density at radius 2 is 1.24 bits per heavy atom. The maximum atomic E-state index is 2.79. The Bertz CT molecular complexity index is 2290. The van der Waals surface area contributed by atoms with Crippen molar-refractivity contribution in [3.63, 3.8) is 0 Å². The van der Waals surface area contributed by atoms with Gasteiger partial charge in [0, 0.05) is 35.0 Å². The van der Waals surface area contributed by atoms with Crippen molar-refractivity contribution in [2.75, 3.05) is 26.3 Å². The fourth-order valence-corrected chi connectivity index (χ4v) is 13.2. The fourth-order valence-electron chi connectivity index (χ4n) is 13.2. The van der Waals surface area contributed by atoms with Crippen LogP contribution in [0.5, 0.6) is 0 Å². The van der Waals surface area contributed by atoms with Crippen LogP contribution in [0.25, 0.3) is 11.1 Å². The number of rotatable bonds is 3. The van der Waals surface area contributed by atoms with E-state index >= 15 is 0 Å². The zero-order valence-corrected chi connectivity index (χ0v) is 28.9. The molecule has 4 bridgehead atoms. The summed E-state index contributed by atoms with van der Waals surface area (Å²) in [6.45, 7) is 7.03. The largest absolute Gasteiger partial charge is 0.349 e. The number of benzene rings is 5. The average Bonchev–Trinajstić information content (AvgIpc) is 3.59. The second-order valence-corrected chi connectivity index (χ2v) is 17.4. The molecule has 4 saturated carbocycles. The van der Waals surface area contributed by atoms with E-state index in [0.717, 1.165) is 36.9 Å². The van der Waals surface area contributed by atoms with Crippen molar-refractivity contribution in [2.24, 2.45) is 23.7 Å². The summed E-state index contributed by atoms with van der Waals surface area (Å²) in [5.74, 6) is 4.31. The number of fused-ring (bicyclic) bond motifs is 3. The van der Waals surface area contributed by atoms with E-state index in [1.54, 1.807) is 22.0 Å². The van der Waals surface area contributed by atoms with Crippen LogP contribution < -0.4 is 36.0 Å². The lowest BCUT2D eigenvalue weighted by Crippen LogP contribution is -2.63. The molecule has 0 saturated heterocycles. The lowest BCUT2D eigenvalue weighted by molar-refractivity contribution is -0.00274. The minimum absolute atomic E-state index is 0.279. The third kappa shape index (κ3) is 3.14. The van der Waals surface area contributed by atoms with Gasteiger partial charge in [-0.25, -0.2) is 0 Å². The molecule has 5 aromatic carbocycles. The van der Waals surface area contributed by atoms with Gasteiger partial charge in [-0.1, -0.05) is 54.6 Å². The van der Waals surface area contributed by atoms with Gasteiger partial charge in [-0.3, -0.25) is 0 Å². The first kappa shape index (κ1) is 27.1. The van der Waals surface area contributed by atoms with Gasteiger partial charge in [0.15, 0.2) is 0 Å². The second kappa shape index (κ2) is 8.98. The molecule has 4 fully saturated rings. The summed E-state index contributed by atoms with van der Waals surface area (Å²) in [6.07, 6.45) is 7.29. The molecule has 0 radical (unpaired) electrons. The molecule has 5 heterocycles. The first-order valence-corrected chi connectivity index (χ1v) is 19.3. The monoisotopic (exact) mass is 648 g/mol. The predicted molar refractivity (Wildman–Crippen MR) is 207 cm³/mol. The smallest absolute Gasteiger partial charge is 0.253 e. The Kier molecular flexibility index (Phi) is 4.88. The highest BCUT2D eigenvalue weighted by molar-refractivity contribution is 7.03. The van der Waals surface area contributed by atoms with Crippen molar-refractivity contribution in [1.82, 2.24) is 0 Å². The van der Waals surface area contributed by atoms with Crippen LogP contribution in [0, 0.1) is 23.7 Å². The highest BCUT2D eigenvalue weighted by atomic mass is 15.5. The molecule has 0 spiro atoms. The van der Waals surface area contributed by atoms with Crippen molar-refractivity contribution in [2.45, 2.75) is 64.1 Å². The first-order valence-electron chi connectivity index (χ1n) is 19.3. The van der Waals surface area contributed by atoms with Crippen molar-refractivity contribution in [3.05, 3.63) is 108 Å². The molecule has 0 atom stereocenters. The molecule has 0 amide bonds. The Labute approximate surface area is 295 Å². The molecular formula is C45H41BN4. The number of anilines is 7. The van der Waals surface area contributed by atoms with Crippen LogP contribution in [0.15, 0.2) is 97.1 Å². The summed E-state index contributed by atoms with van der Waals surface area (Å²) in [5.41, 5.74) is 20.2. The maximum absolute atomic E-state index is 2.79. The van der Waals surface area contributed by atoms with Crippen molar-refractivity contribution >= 4 is 62.9 Å². The molecule has 0 N–H and O–H groups in total. The van der Waals surface area contributed by atoms with Gasteiger partial charge < -0.3 is 19.6 Å². The molecule has 4 nitrogen and oxygen atoms in total. The number of para-hydroxylation sites is 2.